The van der Waals surface area contributed by atoms with Crippen LogP contribution in [0, 0.1) is 0 Å². The number of nitrogens with zero attached hydrogens (tertiary/aromatic N) is 1. The van der Waals surface area contributed by atoms with Crippen LogP contribution in [0.2, 0.25) is 0 Å². The molecule has 1 aliphatic heterocycles. The Hall–Kier alpha value is -1.65. The molecule has 4 nitrogen and oxygen atoms in total. The summed E-state index contributed by atoms with van der Waals surface area (Å²) in [6.45, 7) is 9.48. The molecule has 1 aliphatic carbocycles. The Morgan fingerprint density at radius 1 is 1.30 bits per heavy atom. The van der Waals surface area contributed by atoms with Crippen LogP contribution in [-0.2, 0) is 6.42 Å². The molecule has 150 valence electrons. The maximum absolute atomic E-state index is 5.45. The highest BCUT2D eigenvalue weighted by molar-refractivity contribution is 5.25. The van der Waals surface area contributed by atoms with E-state index in [-0.39, 0.29) is 0 Å². The minimum absolute atomic E-state index is 0.440. The fourth-order valence-corrected chi connectivity index (χ4v) is 3.60. The molecular formula is C23H38N4. The van der Waals surface area contributed by atoms with Crippen molar-refractivity contribution in [2.24, 2.45) is 5.73 Å². The first-order chi connectivity index (χ1) is 13.1. The average Bonchev–Trinajstić information content (AvgIpc) is 2.84. The lowest BCUT2D eigenvalue weighted by Crippen LogP contribution is -2.37. The van der Waals surface area contributed by atoms with Crippen molar-refractivity contribution in [2.75, 3.05) is 19.6 Å². The first kappa shape index (κ1) is 21.6. The van der Waals surface area contributed by atoms with Gasteiger partial charge in [-0.3, -0.25) is 4.98 Å². The van der Waals surface area contributed by atoms with Gasteiger partial charge in [0.15, 0.2) is 0 Å². The van der Waals surface area contributed by atoms with E-state index in [1.807, 2.05) is 12.3 Å². The van der Waals surface area contributed by atoms with Gasteiger partial charge in [-0.2, -0.15) is 0 Å². The zero-order valence-corrected chi connectivity index (χ0v) is 17.4. The van der Waals surface area contributed by atoms with Crippen molar-refractivity contribution in [1.29, 1.82) is 0 Å². The fourth-order valence-electron chi connectivity index (χ4n) is 3.60. The van der Waals surface area contributed by atoms with E-state index >= 15 is 0 Å². The van der Waals surface area contributed by atoms with Gasteiger partial charge in [0.2, 0.25) is 0 Å². The van der Waals surface area contributed by atoms with Crippen molar-refractivity contribution in [3.05, 3.63) is 53.0 Å². The third kappa shape index (κ3) is 7.47. The molecule has 0 aromatic carbocycles. The average molecular weight is 371 g/mol. The first-order valence-corrected chi connectivity index (χ1v) is 10.5. The summed E-state index contributed by atoms with van der Waals surface area (Å²) in [6, 6.07) is 4.69. The van der Waals surface area contributed by atoms with E-state index in [0.29, 0.717) is 12.0 Å². The molecule has 2 atom stereocenters. The van der Waals surface area contributed by atoms with Gasteiger partial charge < -0.3 is 16.4 Å². The Morgan fingerprint density at radius 2 is 2.15 bits per heavy atom. The summed E-state index contributed by atoms with van der Waals surface area (Å²) in [5, 5.41) is 6.93. The van der Waals surface area contributed by atoms with Gasteiger partial charge in [0.25, 0.3) is 0 Å². The molecule has 3 rings (SSSR count). The number of nitrogens with one attached hydrogen (secondary N) is 2. The van der Waals surface area contributed by atoms with Crippen LogP contribution < -0.4 is 16.4 Å². The van der Waals surface area contributed by atoms with Crippen molar-refractivity contribution >= 4 is 0 Å². The molecule has 0 bridgehead atoms. The third-order valence-corrected chi connectivity index (χ3v) is 5.46. The molecule has 2 unspecified atom stereocenters. The van der Waals surface area contributed by atoms with Crippen LogP contribution in [0.4, 0.5) is 0 Å². The maximum atomic E-state index is 5.45. The second-order valence-electron chi connectivity index (χ2n) is 7.90. The van der Waals surface area contributed by atoms with E-state index in [9.17, 15) is 0 Å². The van der Waals surface area contributed by atoms with Gasteiger partial charge in [-0.1, -0.05) is 30.2 Å². The third-order valence-electron chi connectivity index (χ3n) is 5.46. The van der Waals surface area contributed by atoms with E-state index in [4.69, 9.17) is 5.73 Å². The van der Waals surface area contributed by atoms with Crippen molar-refractivity contribution in [1.82, 2.24) is 15.6 Å². The van der Waals surface area contributed by atoms with Crippen molar-refractivity contribution in [2.45, 2.75) is 71.3 Å². The molecule has 0 saturated heterocycles. The number of hydrogen-bond acceptors (Lipinski definition) is 4. The lowest BCUT2D eigenvalue weighted by atomic mass is 9.88. The molecule has 2 aliphatic rings. The first-order valence-electron chi connectivity index (χ1n) is 10.5. The molecule has 1 aromatic heterocycles. The van der Waals surface area contributed by atoms with E-state index in [2.05, 4.69) is 54.7 Å². The molecule has 1 aromatic rings. The second kappa shape index (κ2) is 11.9. The largest absolute Gasteiger partial charge is 0.383 e. The minimum atomic E-state index is 0.440. The van der Waals surface area contributed by atoms with Crippen molar-refractivity contribution in [3.63, 3.8) is 0 Å². The minimum Gasteiger partial charge on any atom is -0.383 e. The van der Waals surface area contributed by atoms with Crippen LogP contribution in [0.1, 0.15) is 70.1 Å². The second-order valence-corrected chi connectivity index (χ2v) is 7.90. The Labute approximate surface area is 165 Å². The molecule has 0 fully saturated rings. The van der Waals surface area contributed by atoms with Crippen LogP contribution in [0.15, 0.2) is 41.8 Å². The van der Waals surface area contributed by atoms with Gasteiger partial charge in [0.1, 0.15) is 0 Å². The maximum Gasteiger partial charge on any atom is 0.0590 e. The van der Waals surface area contributed by atoms with Gasteiger partial charge in [-0.15, -0.1) is 0 Å². The molecule has 27 heavy (non-hydrogen) atoms. The summed E-state index contributed by atoms with van der Waals surface area (Å²) in [7, 11) is 0. The Kier molecular flexibility index (Phi) is 9.57. The van der Waals surface area contributed by atoms with Crippen LogP contribution >= 0.6 is 0 Å². The molecule has 0 saturated carbocycles. The summed E-state index contributed by atoms with van der Waals surface area (Å²) in [4.78, 5) is 4.40. The van der Waals surface area contributed by atoms with Crippen molar-refractivity contribution in [3.8, 4) is 0 Å². The molecule has 4 heteroatoms. The van der Waals surface area contributed by atoms with Crippen LogP contribution in [0.25, 0.3) is 0 Å². The lowest BCUT2D eigenvalue weighted by Gasteiger charge is -2.20. The SMILES string of the molecule is CC1=CNC(CNCCCCN)C(C)=CC1.CC1CCCc2cccnc21. The molecular weight excluding hydrogens is 332 g/mol. The number of allylic oxidation sites excluding steroid dienone is 2. The highest BCUT2D eigenvalue weighted by Crippen LogP contribution is 2.28. The quantitative estimate of drug-likeness (QED) is 0.522. The topological polar surface area (TPSA) is 63.0 Å². The number of nitrogens with two attached hydrogens (primary N) is 1. The van der Waals surface area contributed by atoms with Crippen molar-refractivity contribution < 1.29 is 0 Å². The molecule has 0 spiro atoms. The van der Waals surface area contributed by atoms with E-state index in [1.54, 1.807) is 0 Å². The van der Waals surface area contributed by atoms with Crippen LogP contribution in [0.5, 0.6) is 0 Å². The van der Waals surface area contributed by atoms with E-state index in [0.717, 1.165) is 32.5 Å². The summed E-state index contributed by atoms with van der Waals surface area (Å²) >= 11 is 0. The predicted octanol–water partition coefficient (Wildman–Crippen LogP) is 4.05. The monoisotopic (exact) mass is 370 g/mol. The van der Waals surface area contributed by atoms with Gasteiger partial charge in [-0.25, -0.2) is 0 Å². The standard InChI is InChI=1S/C13H25N3.C10H13N/c1-11-5-6-12(2)13(16-9-11)10-15-8-4-3-7-14;1-8-4-2-5-9-6-3-7-11-10(8)9/h6,9,13,15-16H,3-5,7-8,10,14H2,1-2H3;3,6-8H,2,4-5H2,1H3. The Balaban J connectivity index is 0.000000206. The number of fused-ring (bicyclic) bond motifs is 1. The Bertz CT molecular complexity index is 621. The molecule has 4 N–H and O–H groups in total. The number of rotatable bonds is 6. The molecule has 2 heterocycles. The van der Waals surface area contributed by atoms with Gasteiger partial charge in [-0.05, 0) is 89.2 Å². The van der Waals surface area contributed by atoms with Gasteiger partial charge in [0.05, 0.1) is 6.04 Å². The number of aryl methyl sites for hydroxylation is 1. The summed E-state index contributed by atoms with van der Waals surface area (Å²) in [6.07, 6.45) is 13.6. The van der Waals surface area contributed by atoms with Gasteiger partial charge >= 0.3 is 0 Å². The number of unbranched alkanes of at least 4 members (excludes halogenated alkanes) is 1. The van der Waals surface area contributed by atoms with Crippen LogP contribution in [0.3, 0.4) is 0 Å². The van der Waals surface area contributed by atoms with E-state index < -0.39 is 0 Å². The summed E-state index contributed by atoms with van der Waals surface area (Å²) in [5.41, 5.74) is 11.1. The number of pyridine rings is 1. The van der Waals surface area contributed by atoms with Gasteiger partial charge in [0, 0.05) is 18.4 Å². The highest BCUT2D eigenvalue weighted by Gasteiger charge is 2.16. The number of aromatic nitrogens is 1. The highest BCUT2D eigenvalue weighted by atomic mass is 15.0. The predicted molar refractivity (Wildman–Crippen MR) is 116 cm³/mol. The zero-order valence-electron chi connectivity index (χ0n) is 17.4. The van der Waals surface area contributed by atoms with Crippen LogP contribution in [-0.4, -0.2) is 30.7 Å². The van der Waals surface area contributed by atoms with E-state index in [1.165, 1.54) is 48.1 Å². The zero-order chi connectivity index (χ0) is 19.5. The fraction of sp³-hybridized carbons (Fsp3) is 0.609. The Morgan fingerprint density at radius 3 is 2.93 bits per heavy atom. The lowest BCUT2D eigenvalue weighted by molar-refractivity contribution is 0.556. The summed E-state index contributed by atoms with van der Waals surface area (Å²) in [5.74, 6) is 0.681. The number of hydrogen-bond donors (Lipinski definition) is 3. The summed E-state index contributed by atoms with van der Waals surface area (Å²) < 4.78 is 0. The molecule has 0 radical (unpaired) electrons. The normalized spacial score (nSPS) is 21.6. The smallest absolute Gasteiger partial charge is 0.0590 e. The molecule has 0 amide bonds.